The van der Waals surface area contributed by atoms with Crippen molar-refractivity contribution < 1.29 is 76.3 Å². The molecule has 24 heteroatoms. The summed E-state index contributed by atoms with van der Waals surface area (Å²) < 4.78 is 40.2. The molecule has 0 aliphatic heterocycles. The number of nitrogens with two attached hydrogens (primary N) is 8. The van der Waals surface area contributed by atoms with Crippen LogP contribution in [0.4, 0.5) is 0 Å². The zero-order valence-corrected chi connectivity index (χ0v) is 62.3. The number of hydrogen-bond donors (Lipinski definition) is 8. The van der Waals surface area contributed by atoms with Crippen LogP contribution in [0, 0.1) is 17.8 Å². The van der Waals surface area contributed by atoms with Crippen LogP contribution in [0.25, 0.3) is 0 Å². The van der Waals surface area contributed by atoms with E-state index < -0.39 is 92.1 Å². The summed E-state index contributed by atoms with van der Waals surface area (Å²) in [6, 6.07) is -3.12. The van der Waals surface area contributed by atoms with Gasteiger partial charge in [0.05, 0.1) is 0 Å². The molecule has 0 aromatic heterocycles. The van der Waals surface area contributed by atoms with E-state index in [1.165, 1.54) is 0 Å². The summed E-state index contributed by atoms with van der Waals surface area (Å²) in [5.41, 5.74) is 38.3. The van der Waals surface area contributed by atoms with Gasteiger partial charge in [-0.3, -0.25) is 38.4 Å². The van der Waals surface area contributed by atoms with Gasteiger partial charge in [-0.15, -0.1) is 0 Å². The van der Waals surface area contributed by atoms with E-state index in [-0.39, 0.29) is 65.5 Å². The molecule has 0 aromatic carbocycles. The molecule has 24 nitrogen and oxygen atoms in total. The number of ether oxygens (including phenoxy) is 8. The van der Waals surface area contributed by atoms with Crippen LogP contribution in [0.5, 0.6) is 0 Å². The number of esters is 8. The van der Waals surface area contributed by atoms with Gasteiger partial charge in [0, 0.05) is 0 Å². The van der Waals surface area contributed by atoms with E-state index in [9.17, 15) is 38.4 Å². The van der Waals surface area contributed by atoms with Crippen LogP contribution < -0.4 is 45.9 Å². The highest BCUT2D eigenvalue weighted by Gasteiger charge is 2.31. The SMILES string of the molecule is CC(C)(C)OC(=O)C(C)(C)N.CC(C)(C)OC(=O)C(C)(C)N.CC(C)C(N)C(=O)OC(C)(C)C.CC(C)[C@@H](N)C(=O)OC(C)(C)C.CC(C)[C@H](N)C(=O)OC(C)(C)C.CC(N)C(=O)OC(C)(C)C.C[C@@H](N)C(=O)OC(C)(C)C.C[C@H](N)C(=O)OC(C)(C)C. The predicted molar refractivity (Wildman–Crippen MR) is 353 cm³/mol. The summed E-state index contributed by atoms with van der Waals surface area (Å²) in [4.78, 5) is 88.5. The Labute approximate surface area is 534 Å². The van der Waals surface area contributed by atoms with E-state index in [1.807, 2.05) is 208 Å². The zero-order chi connectivity index (χ0) is 73.5. The second kappa shape index (κ2) is 41.8. The summed E-state index contributed by atoms with van der Waals surface area (Å²) in [5.74, 6) is -2.39. The predicted octanol–water partition coefficient (Wildman–Crippen LogP) is 8.09. The molecule has 0 amide bonds. The van der Waals surface area contributed by atoms with E-state index in [2.05, 4.69) is 0 Å². The van der Waals surface area contributed by atoms with E-state index in [0.717, 1.165) is 0 Å². The Balaban J connectivity index is -0.000000139. The second-order valence-electron chi connectivity index (χ2n) is 31.3. The fraction of sp³-hybridized carbons (Fsp3) is 0.875. The zero-order valence-electron chi connectivity index (χ0n) is 62.3. The molecule has 0 rings (SSSR count). The molecule has 6 atom stereocenters. The molecule has 528 valence electrons. The first-order chi connectivity index (χ1) is 38.0. The van der Waals surface area contributed by atoms with Crippen LogP contribution in [-0.4, -0.2) is 140 Å². The van der Waals surface area contributed by atoms with Crippen LogP contribution in [0.1, 0.15) is 256 Å². The molecule has 0 aliphatic rings. The molecule has 0 aromatic rings. The number of hydrogen-bond acceptors (Lipinski definition) is 24. The molecule has 0 saturated carbocycles. The first-order valence-corrected chi connectivity index (χ1v) is 29.9. The summed E-state index contributed by atoms with van der Waals surface area (Å²) in [7, 11) is 0. The minimum Gasteiger partial charge on any atom is -0.459 e. The topological polar surface area (TPSA) is 419 Å². The smallest absolute Gasteiger partial charge is 0.326 e. The summed E-state index contributed by atoms with van der Waals surface area (Å²) in [5, 5.41) is 0. The Morgan fingerprint density at radius 3 is 0.398 bits per heavy atom. The van der Waals surface area contributed by atoms with Gasteiger partial charge in [0.25, 0.3) is 0 Å². The van der Waals surface area contributed by atoms with Gasteiger partial charge in [-0.05, 0) is 232 Å². The summed E-state index contributed by atoms with van der Waals surface area (Å²) in [6.07, 6.45) is 0. The summed E-state index contributed by atoms with van der Waals surface area (Å²) in [6.45, 7) is 66.4. The van der Waals surface area contributed by atoms with E-state index in [0.29, 0.717) is 0 Å². The molecule has 16 N–H and O–H groups in total. The van der Waals surface area contributed by atoms with Crippen molar-refractivity contribution in [3.63, 3.8) is 0 Å². The fourth-order valence-corrected chi connectivity index (χ4v) is 3.93. The van der Waals surface area contributed by atoms with Gasteiger partial charge < -0.3 is 83.8 Å². The molecule has 0 fully saturated rings. The second-order valence-corrected chi connectivity index (χ2v) is 31.3. The Kier molecular flexibility index (Phi) is 47.3. The molecule has 0 heterocycles. The van der Waals surface area contributed by atoms with E-state index in [1.54, 1.807) is 48.5 Å². The highest BCUT2D eigenvalue weighted by molar-refractivity contribution is 5.80. The maximum atomic E-state index is 11.3. The third-order valence-corrected chi connectivity index (χ3v) is 8.38. The Morgan fingerprint density at radius 1 is 0.227 bits per heavy atom. The van der Waals surface area contributed by atoms with E-state index >= 15 is 0 Å². The third-order valence-electron chi connectivity index (χ3n) is 8.38. The van der Waals surface area contributed by atoms with Crippen molar-refractivity contribution in [2.24, 2.45) is 63.6 Å². The first kappa shape index (κ1) is 99.6. The van der Waals surface area contributed by atoms with Crippen molar-refractivity contribution >= 4 is 47.8 Å². The van der Waals surface area contributed by atoms with E-state index in [4.69, 9.17) is 83.8 Å². The maximum absolute atomic E-state index is 11.3. The Hall–Kier alpha value is -4.56. The normalized spacial score (nSPS) is 14.1. The summed E-state index contributed by atoms with van der Waals surface area (Å²) >= 11 is 0. The van der Waals surface area contributed by atoms with Crippen molar-refractivity contribution in [2.75, 3.05) is 0 Å². The highest BCUT2D eigenvalue weighted by atomic mass is 16.6. The third kappa shape index (κ3) is 75.7. The average Bonchev–Trinajstić information content (AvgIpc) is 3.21. The molecular formula is C64H136N8O16. The van der Waals surface area contributed by atoms with Crippen LogP contribution in [0.2, 0.25) is 0 Å². The van der Waals surface area contributed by atoms with Gasteiger partial charge in [-0.2, -0.15) is 0 Å². The molecule has 0 radical (unpaired) electrons. The van der Waals surface area contributed by atoms with Gasteiger partial charge in [0.2, 0.25) is 0 Å². The molecular weight excluding hydrogens is 1140 g/mol. The fourth-order valence-electron chi connectivity index (χ4n) is 3.93. The lowest BCUT2D eigenvalue weighted by atomic mass is 10.1. The number of rotatable bonds is 11. The number of carbonyl (C=O) groups excluding carboxylic acids is 8. The monoisotopic (exact) mass is 1270 g/mol. The van der Waals surface area contributed by atoms with Crippen molar-refractivity contribution in [2.45, 2.75) is 348 Å². The number of carbonyl (C=O) groups is 8. The highest BCUT2D eigenvalue weighted by Crippen LogP contribution is 2.16. The lowest BCUT2D eigenvalue weighted by Gasteiger charge is -2.25. The van der Waals surface area contributed by atoms with Crippen molar-refractivity contribution in [3.8, 4) is 0 Å². The minimum atomic E-state index is -0.896. The lowest BCUT2D eigenvalue weighted by Crippen LogP contribution is -2.45. The molecule has 0 aliphatic carbocycles. The Morgan fingerprint density at radius 2 is 0.341 bits per heavy atom. The average molecular weight is 1270 g/mol. The quantitative estimate of drug-likeness (QED) is 0.0715. The van der Waals surface area contributed by atoms with Crippen LogP contribution in [-0.2, 0) is 76.3 Å². The van der Waals surface area contributed by atoms with Gasteiger partial charge in [-0.1, -0.05) is 41.5 Å². The van der Waals surface area contributed by atoms with Crippen molar-refractivity contribution in [1.82, 2.24) is 0 Å². The van der Waals surface area contributed by atoms with Gasteiger partial charge in [0.15, 0.2) is 0 Å². The molecule has 0 spiro atoms. The molecule has 0 saturated heterocycles. The van der Waals surface area contributed by atoms with Gasteiger partial charge in [0.1, 0.15) is 92.1 Å². The Bertz CT molecular complexity index is 1800. The minimum absolute atomic E-state index is 0.125. The van der Waals surface area contributed by atoms with Crippen LogP contribution >= 0.6 is 0 Å². The van der Waals surface area contributed by atoms with Crippen LogP contribution in [0.15, 0.2) is 0 Å². The van der Waals surface area contributed by atoms with Crippen LogP contribution in [0.3, 0.4) is 0 Å². The molecule has 0 bridgehead atoms. The molecule has 2 unspecified atom stereocenters. The maximum Gasteiger partial charge on any atom is 0.326 e. The molecule has 88 heavy (non-hydrogen) atoms. The largest absolute Gasteiger partial charge is 0.459 e. The van der Waals surface area contributed by atoms with Gasteiger partial charge in [-0.25, -0.2) is 0 Å². The first-order valence-electron chi connectivity index (χ1n) is 29.9. The standard InChI is InChI=1S/3C9H19NO2.2C8H17NO2.3C7H15NO2/c3*1-6(2)7(10)8(11)12-9(3,4)5;2*1-7(2,3)11-6(10)8(4,5)9;3*1-5(8)6(9)10-7(2,3)4/h3*6-7H,10H2,1-5H3;2*9H2,1-5H3;3*5H,8H2,1-4H3/t2*7-;;;;2*5-;/m10...10./s1. The van der Waals surface area contributed by atoms with Gasteiger partial charge >= 0.3 is 47.8 Å². The lowest BCUT2D eigenvalue weighted by molar-refractivity contribution is -0.161. The van der Waals surface area contributed by atoms with Crippen molar-refractivity contribution in [1.29, 1.82) is 0 Å². The van der Waals surface area contributed by atoms with Crippen molar-refractivity contribution in [3.05, 3.63) is 0 Å².